The Hall–Kier alpha value is -1.91. The molecular formula is C25H37IN6O. The topological polar surface area (TPSA) is 56.2 Å². The molecule has 1 aromatic carbocycles. The molecule has 33 heavy (non-hydrogen) atoms. The maximum absolute atomic E-state index is 6.13. The fourth-order valence-electron chi connectivity index (χ4n) is 4.71. The van der Waals surface area contributed by atoms with E-state index < -0.39 is 0 Å². The molecule has 2 saturated heterocycles. The van der Waals surface area contributed by atoms with Crippen LogP contribution in [-0.4, -0.2) is 79.3 Å². The van der Waals surface area contributed by atoms with Crippen molar-refractivity contribution in [1.29, 1.82) is 0 Å². The summed E-state index contributed by atoms with van der Waals surface area (Å²) in [5.74, 6) is 1.96. The fourth-order valence-corrected chi connectivity index (χ4v) is 4.71. The lowest BCUT2D eigenvalue weighted by molar-refractivity contribution is -0.0502. The van der Waals surface area contributed by atoms with Crippen molar-refractivity contribution in [3.8, 4) is 0 Å². The highest BCUT2D eigenvalue weighted by Crippen LogP contribution is 2.24. The average Bonchev–Trinajstić information content (AvgIpc) is 3.27. The second-order valence-electron chi connectivity index (χ2n) is 8.44. The maximum Gasteiger partial charge on any atom is 0.194 e. The number of likely N-dealkylation sites (tertiary alicyclic amines) is 1. The molecule has 2 aliphatic rings. The summed E-state index contributed by atoms with van der Waals surface area (Å²) in [5.41, 5.74) is 2.51. The van der Waals surface area contributed by atoms with Crippen molar-refractivity contribution in [3.05, 3.63) is 59.8 Å². The van der Waals surface area contributed by atoms with Crippen LogP contribution < -0.4 is 10.2 Å². The van der Waals surface area contributed by atoms with Gasteiger partial charge in [-0.1, -0.05) is 36.4 Å². The third-order valence-electron chi connectivity index (χ3n) is 6.50. The molecule has 4 rings (SSSR count). The molecule has 2 unspecified atom stereocenters. The van der Waals surface area contributed by atoms with Gasteiger partial charge in [0.2, 0.25) is 0 Å². The Morgan fingerprint density at radius 1 is 1.12 bits per heavy atom. The lowest BCUT2D eigenvalue weighted by Gasteiger charge is -2.36. The number of benzene rings is 1. The van der Waals surface area contributed by atoms with Crippen molar-refractivity contribution in [2.45, 2.75) is 39.1 Å². The van der Waals surface area contributed by atoms with Crippen LogP contribution in [0.3, 0.4) is 0 Å². The molecule has 0 amide bonds. The number of halogens is 1. The highest BCUT2D eigenvalue weighted by atomic mass is 127. The Balaban J connectivity index is 0.00000306. The first kappa shape index (κ1) is 25.7. The minimum atomic E-state index is 0. The Bertz CT molecular complexity index is 874. The smallest absolute Gasteiger partial charge is 0.194 e. The van der Waals surface area contributed by atoms with Crippen molar-refractivity contribution >= 4 is 35.8 Å². The summed E-state index contributed by atoms with van der Waals surface area (Å²) < 4.78 is 6.13. The first-order valence-corrected chi connectivity index (χ1v) is 11.8. The van der Waals surface area contributed by atoms with Crippen molar-refractivity contribution in [2.75, 3.05) is 51.3 Å². The molecular weight excluding hydrogens is 527 g/mol. The molecule has 1 aromatic heterocycles. The fraction of sp³-hybridized carbons (Fsp3) is 0.520. The Kier molecular flexibility index (Phi) is 9.76. The van der Waals surface area contributed by atoms with Crippen LogP contribution >= 0.6 is 24.0 Å². The van der Waals surface area contributed by atoms with Crippen molar-refractivity contribution in [2.24, 2.45) is 4.99 Å². The van der Waals surface area contributed by atoms with Gasteiger partial charge in [0, 0.05) is 59.1 Å². The van der Waals surface area contributed by atoms with E-state index in [-0.39, 0.29) is 30.1 Å². The lowest BCUT2D eigenvalue weighted by Crippen LogP contribution is -2.50. The number of hydrogen-bond acceptors (Lipinski definition) is 5. The lowest BCUT2D eigenvalue weighted by atomic mass is 10.1. The number of nitrogens with one attached hydrogen (secondary N) is 1. The average molecular weight is 565 g/mol. The van der Waals surface area contributed by atoms with E-state index >= 15 is 0 Å². The van der Waals surface area contributed by atoms with Crippen molar-refractivity contribution in [1.82, 2.24) is 20.1 Å². The van der Waals surface area contributed by atoms with Crippen LogP contribution in [-0.2, 0) is 17.8 Å². The van der Waals surface area contributed by atoms with Crippen LogP contribution in [0.5, 0.6) is 0 Å². The predicted molar refractivity (Wildman–Crippen MR) is 145 cm³/mol. The number of guanidine groups is 1. The van der Waals surface area contributed by atoms with Crippen molar-refractivity contribution in [3.63, 3.8) is 0 Å². The van der Waals surface area contributed by atoms with E-state index in [0.29, 0.717) is 12.6 Å². The van der Waals surface area contributed by atoms with Gasteiger partial charge in [0.25, 0.3) is 0 Å². The third kappa shape index (κ3) is 6.36. The van der Waals surface area contributed by atoms with E-state index in [1.54, 1.807) is 0 Å². The summed E-state index contributed by atoms with van der Waals surface area (Å²) in [7, 11) is 1.86. The van der Waals surface area contributed by atoms with Gasteiger partial charge in [-0.2, -0.15) is 0 Å². The molecule has 0 saturated carbocycles. The van der Waals surface area contributed by atoms with Crippen LogP contribution in [0.2, 0.25) is 0 Å². The van der Waals surface area contributed by atoms with Gasteiger partial charge < -0.3 is 19.9 Å². The quantitative estimate of drug-likeness (QED) is 0.317. The SMILES string of the molecule is CCN(CC)c1ccc(CNC(=NC)N2CC3OCCN(Cc4ccccc4)C3C2)cn1.I. The first-order valence-electron chi connectivity index (χ1n) is 11.8. The van der Waals surface area contributed by atoms with E-state index in [2.05, 4.69) is 86.3 Å². The predicted octanol–water partition coefficient (Wildman–Crippen LogP) is 3.21. The van der Waals surface area contributed by atoms with Crippen molar-refractivity contribution < 1.29 is 4.74 Å². The third-order valence-corrected chi connectivity index (χ3v) is 6.50. The molecule has 2 aliphatic heterocycles. The van der Waals surface area contributed by atoms with E-state index in [0.717, 1.165) is 63.2 Å². The molecule has 180 valence electrons. The van der Waals surface area contributed by atoms with Gasteiger partial charge in [-0.15, -0.1) is 24.0 Å². The molecule has 0 aliphatic carbocycles. The molecule has 3 heterocycles. The molecule has 8 heteroatoms. The number of morpholine rings is 1. The number of nitrogens with zero attached hydrogens (tertiary/aromatic N) is 5. The number of anilines is 1. The molecule has 2 fully saturated rings. The first-order chi connectivity index (χ1) is 15.7. The normalized spacial score (nSPS) is 20.8. The van der Waals surface area contributed by atoms with Crippen LogP contribution in [0.1, 0.15) is 25.0 Å². The zero-order valence-corrected chi connectivity index (χ0v) is 22.3. The number of rotatable bonds is 7. The second kappa shape index (κ2) is 12.5. The zero-order valence-electron chi connectivity index (χ0n) is 20.0. The summed E-state index contributed by atoms with van der Waals surface area (Å²) in [6.45, 7) is 11.5. The Morgan fingerprint density at radius 3 is 2.58 bits per heavy atom. The van der Waals surface area contributed by atoms with Crippen LogP contribution in [0.4, 0.5) is 5.82 Å². The highest BCUT2D eigenvalue weighted by molar-refractivity contribution is 14.0. The van der Waals surface area contributed by atoms with Crippen LogP contribution in [0, 0.1) is 0 Å². The summed E-state index contributed by atoms with van der Waals surface area (Å²) in [6, 6.07) is 15.4. The second-order valence-corrected chi connectivity index (χ2v) is 8.44. The van der Waals surface area contributed by atoms with Gasteiger partial charge in [0.15, 0.2) is 5.96 Å². The Morgan fingerprint density at radius 2 is 1.91 bits per heavy atom. The molecule has 0 radical (unpaired) electrons. The summed E-state index contributed by atoms with van der Waals surface area (Å²) in [5, 5.41) is 3.53. The summed E-state index contributed by atoms with van der Waals surface area (Å²) >= 11 is 0. The number of fused-ring (bicyclic) bond motifs is 1. The van der Waals surface area contributed by atoms with Crippen LogP contribution in [0.15, 0.2) is 53.7 Å². The molecule has 1 N–H and O–H groups in total. The van der Waals surface area contributed by atoms with E-state index in [1.165, 1.54) is 5.56 Å². The number of ether oxygens (including phenoxy) is 1. The minimum absolute atomic E-state index is 0. The molecule has 2 atom stereocenters. The largest absolute Gasteiger partial charge is 0.373 e. The van der Waals surface area contributed by atoms with Gasteiger partial charge in [-0.3, -0.25) is 9.89 Å². The maximum atomic E-state index is 6.13. The standard InChI is InChI=1S/C25H36N6O.HI/c1-4-29(5-2)24-12-11-21(15-27-24)16-28-25(26-3)31-18-22-23(19-31)32-14-13-30(22)17-20-9-7-6-8-10-20;/h6-12,15,22-23H,4-5,13-14,16-19H2,1-3H3,(H,26,28);1H. The Labute approximate surface area is 215 Å². The molecule has 2 aromatic rings. The van der Waals surface area contributed by atoms with E-state index in [9.17, 15) is 0 Å². The molecule has 0 bridgehead atoms. The minimum Gasteiger partial charge on any atom is -0.373 e. The van der Waals surface area contributed by atoms with E-state index in [1.807, 2.05) is 13.2 Å². The molecule has 0 spiro atoms. The highest BCUT2D eigenvalue weighted by Gasteiger charge is 2.41. The summed E-state index contributed by atoms with van der Waals surface area (Å²) in [6.07, 6.45) is 2.18. The number of pyridine rings is 1. The van der Waals surface area contributed by atoms with Gasteiger partial charge >= 0.3 is 0 Å². The monoisotopic (exact) mass is 564 g/mol. The van der Waals surface area contributed by atoms with Gasteiger partial charge in [0.1, 0.15) is 5.82 Å². The van der Waals surface area contributed by atoms with E-state index in [4.69, 9.17) is 4.74 Å². The summed E-state index contributed by atoms with van der Waals surface area (Å²) in [4.78, 5) is 16.3. The van der Waals surface area contributed by atoms with Crippen LogP contribution in [0.25, 0.3) is 0 Å². The number of hydrogen-bond donors (Lipinski definition) is 1. The van der Waals surface area contributed by atoms with Gasteiger partial charge in [-0.05, 0) is 31.0 Å². The number of aromatic nitrogens is 1. The van der Waals surface area contributed by atoms with Gasteiger partial charge in [0.05, 0.1) is 18.8 Å². The zero-order chi connectivity index (χ0) is 22.3. The number of aliphatic imine (C=N–C) groups is 1. The molecule has 7 nitrogen and oxygen atoms in total. The van der Waals surface area contributed by atoms with Gasteiger partial charge in [-0.25, -0.2) is 4.98 Å².